The first kappa shape index (κ1) is 26.3. The Labute approximate surface area is 164 Å². The lowest BCUT2D eigenvalue weighted by Crippen LogP contribution is -2.27. The van der Waals surface area contributed by atoms with Gasteiger partial charge in [-0.05, 0) is 6.42 Å². The molecule has 0 aromatic rings. The molecule has 0 fully saturated rings. The summed E-state index contributed by atoms with van der Waals surface area (Å²) in [4.78, 5) is 11.7. The standard InChI is InChI=1S/C18H37NO7S/c1-2-3-4-5-6-7-8-9-10-11-18(20)19-12-13-24-14-15-25-16-17-26-27(21,22)23/h2-17H2,1H3,(H,19,20)(H,21,22,23). The van der Waals surface area contributed by atoms with Crippen LogP contribution in [0.1, 0.15) is 71.1 Å². The molecule has 0 heterocycles. The number of carbonyl (C=O) groups is 1. The lowest BCUT2D eigenvalue weighted by atomic mass is 10.1. The van der Waals surface area contributed by atoms with E-state index in [-0.39, 0.29) is 25.7 Å². The fourth-order valence-electron chi connectivity index (χ4n) is 2.47. The summed E-state index contributed by atoms with van der Waals surface area (Å²) in [6.45, 7) is 3.49. The van der Waals surface area contributed by atoms with Gasteiger partial charge in [0.25, 0.3) is 0 Å². The van der Waals surface area contributed by atoms with Crippen molar-refractivity contribution in [1.82, 2.24) is 5.32 Å². The lowest BCUT2D eigenvalue weighted by Gasteiger charge is -2.07. The van der Waals surface area contributed by atoms with Crippen molar-refractivity contribution in [2.75, 3.05) is 39.6 Å². The van der Waals surface area contributed by atoms with E-state index < -0.39 is 10.4 Å². The quantitative estimate of drug-likeness (QED) is 0.234. The van der Waals surface area contributed by atoms with Gasteiger partial charge in [-0.25, -0.2) is 4.18 Å². The Morgan fingerprint density at radius 2 is 1.33 bits per heavy atom. The van der Waals surface area contributed by atoms with E-state index in [1.165, 1.54) is 44.9 Å². The summed E-state index contributed by atoms with van der Waals surface area (Å²) in [5.74, 6) is 0.0557. The number of amides is 1. The number of rotatable bonds is 20. The van der Waals surface area contributed by atoms with Crippen molar-refractivity contribution < 1.29 is 31.4 Å². The maximum Gasteiger partial charge on any atom is 0.397 e. The minimum absolute atomic E-state index is 0.0403. The van der Waals surface area contributed by atoms with Crippen LogP contribution in [0.15, 0.2) is 0 Å². The first-order chi connectivity index (χ1) is 13.0. The topological polar surface area (TPSA) is 111 Å². The third kappa shape index (κ3) is 23.2. The Bertz CT molecular complexity index is 443. The summed E-state index contributed by atoms with van der Waals surface area (Å²) in [5, 5.41) is 2.82. The van der Waals surface area contributed by atoms with Gasteiger partial charge in [0.2, 0.25) is 5.91 Å². The number of hydrogen-bond donors (Lipinski definition) is 2. The molecule has 1 amide bonds. The van der Waals surface area contributed by atoms with Crippen molar-refractivity contribution in [3.05, 3.63) is 0 Å². The smallest absolute Gasteiger partial charge is 0.377 e. The Balaban J connectivity index is 3.21. The van der Waals surface area contributed by atoms with Gasteiger partial charge in [0.15, 0.2) is 0 Å². The molecule has 0 rings (SSSR count). The van der Waals surface area contributed by atoms with Gasteiger partial charge in [-0.2, -0.15) is 8.42 Å². The van der Waals surface area contributed by atoms with Crippen molar-refractivity contribution in [2.24, 2.45) is 0 Å². The molecule has 0 radical (unpaired) electrons. The van der Waals surface area contributed by atoms with Crippen LogP contribution < -0.4 is 5.32 Å². The normalized spacial score (nSPS) is 11.6. The van der Waals surface area contributed by atoms with Crippen LogP contribution in [0.5, 0.6) is 0 Å². The van der Waals surface area contributed by atoms with Crippen molar-refractivity contribution in [3.63, 3.8) is 0 Å². The molecule has 27 heavy (non-hydrogen) atoms. The zero-order valence-electron chi connectivity index (χ0n) is 16.6. The van der Waals surface area contributed by atoms with Gasteiger partial charge >= 0.3 is 10.4 Å². The molecule has 0 saturated heterocycles. The van der Waals surface area contributed by atoms with Crippen molar-refractivity contribution in [1.29, 1.82) is 0 Å². The predicted octanol–water partition coefficient (Wildman–Crippen LogP) is 2.88. The van der Waals surface area contributed by atoms with Crippen LogP contribution in [-0.4, -0.2) is 58.5 Å². The predicted molar refractivity (Wildman–Crippen MR) is 104 cm³/mol. The molecule has 0 saturated carbocycles. The number of nitrogens with one attached hydrogen (secondary N) is 1. The highest BCUT2D eigenvalue weighted by molar-refractivity contribution is 7.80. The zero-order valence-corrected chi connectivity index (χ0v) is 17.4. The summed E-state index contributed by atoms with van der Waals surface area (Å²) in [6.07, 6.45) is 11.7. The maximum absolute atomic E-state index is 11.7. The first-order valence-electron chi connectivity index (χ1n) is 9.99. The number of unbranched alkanes of at least 4 members (excludes halogenated alkanes) is 8. The van der Waals surface area contributed by atoms with E-state index in [2.05, 4.69) is 16.4 Å². The molecular weight excluding hydrogens is 374 g/mol. The van der Waals surface area contributed by atoms with Crippen LogP contribution in [0.2, 0.25) is 0 Å². The molecular formula is C18H37NO7S. The Kier molecular flexibility index (Phi) is 18.1. The van der Waals surface area contributed by atoms with E-state index in [4.69, 9.17) is 14.0 Å². The van der Waals surface area contributed by atoms with Crippen LogP contribution in [0.3, 0.4) is 0 Å². The monoisotopic (exact) mass is 411 g/mol. The summed E-state index contributed by atoms with van der Waals surface area (Å²) >= 11 is 0. The van der Waals surface area contributed by atoms with Gasteiger partial charge in [-0.1, -0.05) is 58.3 Å². The van der Waals surface area contributed by atoms with E-state index >= 15 is 0 Å². The molecule has 162 valence electrons. The van der Waals surface area contributed by atoms with Gasteiger partial charge in [-0.3, -0.25) is 9.35 Å². The van der Waals surface area contributed by atoms with Crippen LogP contribution in [0.4, 0.5) is 0 Å². The Morgan fingerprint density at radius 3 is 1.93 bits per heavy atom. The van der Waals surface area contributed by atoms with Crippen molar-refractivity contribution >= 4 is 16.3 Å². The fraction of sp³-hybridized carbons (Fsp3) is 0.944. The highest BCUT2D eigenvalue weighted by atomic mass is 32.3. The fourth-order valence-corrected chi connectivity index (χ4v) is 2.75. The Hall–Kier alpha value is -0.740. The highest BCUT2D eigenvalue weighted by Gasteiger charge is 2.03. The molecule has 0 aliphatic carbocycles. The average Bonchev–Trinajstić information content (AvgIpc) is 2.61. The summed E-state index contributed by atoms with van der Waals surface area (Å²) in [7, 11) is -4.40. The second-order valence-electron chi connectivity index (χ2n) is 6.40. The van der Waals surface area contributed by atoms with Crippen molar-refractivity contribution in [3.8, 4) is 0 Å². The minimum atomic E-state index is -4.40. The molecule has 0 aromatic heterocycles. The number of hydrogen-bond acceptors (Lipinski definition) is 6. The van der Waals surface area contributed by atoms with Gasteiger partial charge in [0.1, 0.15) is 0 Å². The largest absolute Gasteiger partial charge is 0.397 e. The van der Waals surface area contributed by atoms with Crippen LogP contribution in [-0.2, 0) is 28.9 Å². The molecule has 0 atom stereocenters. The van der Waals surface area contributed by atoms with Crippen LogP contribution >= 0.6 is 0 Å². The SMILES string of the molecule is CCCCCCCCCCCC(=O)NCCOCCOCCOS(=O)(=O)O. The van der Waals surface area contributed by atoms with Crippen LogP contribution in [0.25, 0.3) is 0 Å². The van der Waals surface area contributed by atoms with Gasteiger partial charge in [-0.15, -0.1) is 0 Å². The molecule has 0 bridgehead atoms. The lowest BCUT2D eigenvalue weighted by molar-refractivity contribution is -0.121. The number of ether oxygens (including phenoxy) is 2. The van der Waals surface area contributed by atoms with E-state index in [1.807, 2.05) is 0 Å². The third-order valence-electron chi connectivity index (χ3n) is 3.91. The van der Waals surface area contributed by atoms with E-state index in [0.717, 1.165) is 12.8 Å². The average molecular weight is 412 g/mol. The van der Waals surface area contributed by atoms with Crippen LogP contribution in [0, 0.1) is 0 Å². The van der Waals surface area contributed by atoms with E-state index in [9.17, 15) is 13.2 Å². The Morgan fingerprint density at radius 1 is 0.815 bits per heavy atom. The van der Waals surface area contributed by atoms with E-state index in [1.54, 1.807) is 0 Å². The third-order valence-corrected chi connectivity index (χ3v) is 4.37. The van der Waals surface area contributed by atoms with Crippen molar-refractivity contribution in [2.45, 2.75) is 71.1 Å². The summed E-state index contributed by atoms with van der Waals surface area (Å²) in [5.41, 5.74) is 0. The molecule has 9 heteroatoms. The molecule has 8 nitrogen and oxygen atoms in total. The molecule has 0 aliphatic heterocycles. The molecule has 0 aliphatic rings. The molecule has 0 spiro atoms. The molecule has 0 unspecified atom stereocenters. The van der Waals surface area contributed by atoms with Gasteiger partial charge < -0.3 is 14.8 Å². The first-order valence-corrected chi connectivity index (χ1v) is 11.4. The van der Waals surface area contributed by atoms with Gasteiger partial charge in [0, 0.05) is 13.0 Å². The summed E-state index contributed by atoms with van der Waals surface area (Å²) in [6, 6.07) is 0. The molecule has 0 aromatic carbocycles. The highest BCUT2D eigenvalue weighted by Crippen LogP contribution is 2.10. The number of carbonyl (C=O) groups excluding carboxylic acids is 1. The minimum Gasteiger partial charge on any atom is -0.377 e. The maximum atomic E-state index is 11.7. The zero-order chi connectivity index (χ0) is 20.2. The van der Waals surface area contributed by atoms with E-state index in [0.29, 0.717) is 26.2 Å². The molecule has 2 N–H and O–H groups in total. The second-order valence-corrected chi connectivity index (χ2v) is 7.49. The second kappa shape index (κ2) is 18.6. The van der Waals surface area contributed by atoms with Gasteiger partial charge in [0.05, 0.1) is 33.0 Å². The summed E-state index contributed by atoms with van der Waals surface area (Å²) < 4.78 is 43.3.